The maximum absolute atomic E-state index is 13.6. The van der Waals surface area contributed by atoms with Crippen molar-refractivity contribution in [1.82, 2.24) is 14.8 Å². The number of benzene rings is 1. The molecule has 0 aliphatic carbocycles. The number of aryl methyl sites for hydroxylation is 1. The van der Waals surface area contributed by atoms with E-state index in [0.29, 0.717) is 9.63 Å². The molecule has 20 heavy (non-hydrogen) atoms. The summed E-state index contributed by atoms with van der Waals surface area (Å²) in [6.07, 6.45) is 1.56. The van der Waals surface area contributed by atoms with Crippen molar-refractivity contribution in [3.8, 4) is 0 Å². The molecule has 8 heteroatoms. The van der Waals surface area contributed by atoms with Gasteiger partial charge >= 0.3 is 0 Å². The molecule has 1 heterocycles. The predicted octanol–water partition coefficient (Wildman–Crippen LogP) is 2.84. The molecule has 1 atom stereocenters. The summed E-state index contributed by atoms with van der Waals surface area (Å²) >= 11 is 4.42. The molecule has 0 aliphatic rings. The van der Waals surface area contributed by atoms with Crippen molar-refractivity contribution in [2.75, 3.05) is 5.32 Å². The van der Waals surface area contributed by atoms with Crippen LogP contribution >= 0.6 is 27.7 Å². The van der Waals surface area contributed by atoms with E-state index in [4.69, 9.17) is 0 Å². The van der Waals surface area contributed by atoms with E-state index in [-0.39, 0.29) is 11.6 Å². The number of nitrogens with one attached hydrogen (secondary N) is 1. The van der Waals surface area contributed by atoms with E-state index in [1.165, 1.54) is 23.9 Å². The molecule has 2 rings (SSSR count). The molecule has 1 aromatic carbocycles. The second-order valence-electron chi connectivity index (χ2n) is 4.10. The number of nitrogens with zero attached hydrogens (tertiary/aromatic N) is 3. The monoisotopic (exact) mass is 358 g/mol. The van der Waals surface area contributed by atoms with Crippen molar-refractivity contribution < 1.29 is 9.18 Å². The molecule has 1 N–H and O–H groups in total. The van der Waals surface area contributed by atoms with Crippen LogP contribution in [0.25, 0.3) is 0 Å². The molecule has 1 amide bonds. The Hall–Kier alpha value is -1.41. The van der Waals surface area contributed by atoms with Gasteiger partial charge in [-0.3, -0.25) is 4.79 Å². The van der Waals surface area contributed by atoms with Gasteiger partial charge in [-0.1, -0.05) is 27.7 Å². The normalized spacial score (nSPS) is 12.2. The summed E-state index contributed by atoms with van der Waals surface area (Å²) in [5.41, 5.74) is 0.156. The lowest BCUT2D eigenvalue weighted by atomic mass is 10.3. The van der Waals surface area contributed by atoms with Gasteiger partial charge in [0.1, 0.15) is 12.1 Å². The van der Waals surface area contributed by atoms with Crippen molar-refractivity contribution in [1.29, 1.82) is 0 Å². The first kappa shape index (κ1) is 15.0. The molecule has 1 aromatic heterocycles. The van der Waals surface area contributed by atoms with E-state index in [9.17, 15) is 9.18 Å². The molecule has 0 unspecified atom stereocenters. The zero-order chi connectivity index (χ0) is 14.7. The summed E-state index contributed by atoms with van der Waals surface area (Å²) < 4.78 is 16.0. The van der Waals surface area contributed by atoms with Crippen LogP contribution in [-0.4, -0.2) is 25.9 Å². The van der Waals surface area contributed by atoms with Crippen LogP contribution in [0.5, 0.6) is 0 Å². The van der Waals surface area contributed by atoms with Gasteiger partial charge in [-0.2, -0.15) is 0 Å². The lowest BCUT2D eigenvalue weighted by Gasteiger charge is -2.12. The van der Waals surface area contributed by atoms with Gasteiger partial charge in [0.25, 0.3) is 0 Å². The number of carbonyl (C=O) groups is 1. The van der Waals surface area contributed by atoms with Gasteiger partial charge in [0, 0.05) is 11.5 Å². The molecular formula is C12H12BrFN4OS. The highest BCUT2D eigenvalue weighted by Crippen LogP contribution is 2.23. The number of rotatable bonds is 4. The number of amides is 1. The van der Waals surface area contributed by atoms with Crippen LogP contribution in [0.4, 0.5) is 10.1 Å². The molecule has 0 aliphatic heterocycles. The SMILES string of the molecule is C[C@H](Sc1nncn1C)C(=O)Nc1ccc(Br)cc1F. The standard InChI is InChI=1S/C12H12BrFN4OS/c1-7(20-12-17-15-6-18(12)2)11(19)16-10-4-3-8(13)5-9(10)14/h3-7H,1-2H3,(H,16,19)/t7-/m0/s1. The van der Waals surface area contributed by atoms with Crippen molar-refractivity contribution in [3.05, 3.63) is 34.8 Å². The molecule has 0 saturated carbocycles. The van der Waals surface area contributed by atoms with Crippen molar-refractivity contribution in [3.63, 3.8) is 0 Å². The molecule has 0 radical (unpaired) electrons. The summed E-state index contributed by atoms with van der Waals surface area (Å²) in [6, 6.07) is 4.48. The van der Waals surface area contributed by atoms with Gasteiger partial charge in [-0.05, 0) is 25.1 Å². The first-order valence-corrected chi connectivity index (χ1v) is 7.41. The Morgan fingerprint density at radius 3 is 2.90 bits per heavy atom. The minimum atomic E-state index is -0.483. The fourth-order valence-corrected chi connectivity index (χ4v) is 2.54. The summed E-state index contributed by atoms with van der Waals surface area (Å²) in [7, 11) is 1.79. The smallest absolute Gasteiger partial charge is 0.237 e. The topological polar surface area (TPSA) is 59.8 Å². The zero-order valence-corrected chi connectivity index (χ0v) is 13.2. The van der Waals surface area contributed by atoms with Gasteiger partial charge in [0.05, 0.1) is 10.9 Å². The average Bonchev–Trinajstić information content (AvgIpc) is 2.78. The molecule has 2 aromatic rings. The third kappa shape index (κ3) is 3.57. The van der Waals surface area contributed by atoms with E-state index in [2.05, 4.69) is 31.4 Å². The molecular weight excluding hydrogens is 347 g/mol. The Morgan fingerprint density at radius 1 is 1.55 bits per heavy atom. The molecule has 0 fully saturated rings. The zero-order valence-electron chi connectivity index (χ0n) is 10.8. The van der Waals surface area contributed by atoms with Crippen LogP contribution in [0.15, 0.2) is 34.2 Å². The second kappa shape index (κ2) is 6.36. The number of halogens is 2. The van der Waals surface area contributed by atoms with Gasteiger partial charge in [-0.25, -0.2) is 4.39 Å². The van der Waals surface area contributed by atoms with E-state index < -0.39 is 11.1 Å². The number of carbonyl (C=O) groups excluding carboxylic acids is 1. The fraction of sp³-hybridized carbons (Fsp3) is 0.250. The number of anilines is 1. The predicted molar refractivity (Wildman–Crippen MR) is 79.1 cm³/mol. The van der Waals surface area contributed by atoms with Crippen molar-refractivity contribution in [2.24, 2.45) is 7.05 Å². The summed E-state index contributed by atoms with van der Waals surface area (Å²) in [5, 5.41) is 10.4. The Labute approximate surface area is 128 Å². The van der Waals surface area contributed by atoms with Crippen LogP contribution in [-0.2, 0) is 11.8 Å². The third-order valence-corrected chi connectivity index (χ3v) is 4.15. The largest absolute Gasteiger partial charge is 0.323 e. The molecule has 0 bridgehead atoms. The van der Waals surface area contributed by atoms with Gasteiger partial charge in [0.15, 0.2) is 5.16 Å². The number of hydrogen-bond acceptors (Lipinski definition) is 4. The van der Waals surface area contributed by atoms with E-state index in [0.717, 1.165) is 0 Å². The highest BCUT2D eigenvalue weighted by Gasteiger charge is 2.18. The van der Waals surface area contributed by atoms with E-state index in [1.807, 2.05) is 0 Å². The second-order valence-corrected chi connectivity index (χ2v) is 6.32. The maximum atomic E-state index is 13.6. The van der Waals surface area contributed by atoms with Gasteiger partial charge in [-0.15, -0.1) is 10.2 Å². The first-order chi connectivity index (χ1) is 9.47. The van der Waals surface area contributed by atoms with Crippen LogP contribution in [0.3, 0.4) is 0 Å². The van der Waals surface area contributed by atoms with Crippen LogP contribution in [0.1, 0.15) is 6.92 Å². The number of thioether (sulfide) groups is 1. The van der Waals surface area contributed by atoms with Crippen molar-refractivity contribution >= 4 is 39.3 Å². The Kier molecular flexibility index (Phi) is 4.77. The van der Waals surface area contributed by atoms with Crippen LogP contribution in [0, 0.1) is 5.82 Å². The first-order valence-electron chi connectivity index (χ1n) is 5.74. The van der Waals surface area contributed by atoms with Crippen molar-refractivity contribution in [2.45, 2.75) is 17.3 Å². The molecule has 0 saturated heterocycles. The minimum Gasteiger partial charge on any atom is -0.323 e. The highest BCUT2D eigenvalue weighted by atomic mass is 79.9. The lowest BCUT2D eigenvalue weighted by molar-refractivity contribution is -0.115. The molecule has 5 nitrogen and oxygen atoms in total. The van der Waals surface area contributed by atoms with Gasteiger partial charge < -0.3 is 9.88 Å². The van der Waals surface area contributed by atoms with Crippen LogP contribution in [0.2, 0.25) is 0 Å². The summed E-state index contributed by atoms with van der Waals surface area (Å²) in [5.74, 6) is -0.775. The number of aromatic nitrogens is 3. The third-order valence-electron chi connectivity index (χ3n) is 2.51. The maximum Gasteiger partial charge on any atom is 0.237 e. The van der Waals surface area contributed by atoms with Gasteiger partial charge in [0.2, 0.25) is 5.91 Å². The fourth-order valence-electron chi connectivity index (χ4n) is 1.42. The average molecular weight is 359 g/mol. The highest BCUT2D eigenvalue weighted by molar-refractivity contribution is 9.10. The Morgan fingerprint density at radius 2 is 2.30 bits per heavy atom. The number of hydrogen-bond donors (Lipinski definition) is 1. The molecule has 106 valence electrons. The quantitative estimate of drug-likeness (QED) is 0.853. The van der Waals surface area contributed by atoms with E-state index >= 15 is 0 Å². The van der Waals surface area contributed by atoms with Crippen LogP contribution < -0.4 is 5.32 Å². The molecule has 0 spiro atoms. The summed E-state index contributed by atoms with van der Waals surface area (Å²) in [4.78, 5) is 12.0. The van der Waals surface area contributed by atoms with E-state index in [1.54, 1.807) is 30.9 Å². The summed E-state index contributed by atoms with van der Waals surface area (Å²) in [6.45, 7) is 1.73. The lowest BCUT2D eigenvalue weighted by Crippen LogP contribution is -2.23. The Bertz CT molecular complexity index is 634. The minimum absolute atomic E-state index is 0.156. The Balaban J connectivity index is 2.02.